The smallest absolute Gasteiger partial charge is 0.254 e. The molecule has 1 aromatic rings. The lowest BCUT2D eigenvalue weighted by Crippen LogP contribution is -2.49. The van der Waals surface area contributed by atoms with Crippen molar-refractivity contribution >= 4 is 11.8 Å². The first-order valence-electron chi connectivity index (χ1n) is 8.44. The third-order valence-electron chi connectivity index (χ3n) is 4.89. The number of carbonyl (C=O) groups is 2. The summed E-state index contributed by atoms with van der Waals surface area (Å²) in [5.41, 5.74) is 0.601. The van der Waals surface area contributed by atoms with Crippen LogP contribution in [0.15, 0.2) is 12.1 Å². The summed E-state index contributed by atoms with van der Waals surface area (Å²) in [5.74, 6) is -1.97. The monoisotopic (exact) mass is 352 g/mol. The van der Waals surface area contributed by atoms with Gasteiger partial charge in [-0.1, -0.05) is 6.07 Å². The lowest BCUT2D eigenvalue weighted by molar-refractivity contribution is -0.123. The molecule has 1 unspecified atom stereocenters. The molecule has 2 amide bonds. The van der Waals surface area contributed by atoms with Gasteiger partial charge in [0.25, 0.3) is 5.91 Å². The van der Waals surface area contributed by atoms with Gasteiger partial charge in [0, 0.05) is 30.1 Å². The summed E-state index contributed by atoms with van der Waals surface area (Å²) >= 11 is 0. The van der Waals surface area contributed by atoms with Gasteiger partial charge in [-0.15, -0.1) is 0 Å². The van der Waals surface area contributed by atoms with Crippen LogP contribution in [0, 0.1) is 12.7 Å². The van der Waals surface area contributed by atoms with E-state index in [4.69, 9.17) is 0 Å². The molecule has 2 aliphatic rings. The summed E-state index contributed by atoms with van der Waals surface area (Å²) in [6.45, 7) is 1.40. The van der Waals surface area contributed by atoms with Crippen molar-refractivity contribution in [2.75, 3.05) is 13.6 Å². The minimum Gasteiger partial charge on any atom is -0.393 e. The fourth-order valence-corrected chi connectivity index (χ4v) is 3.19. The maximum absolute atomic E-state index is 14.4. The molecule has 2 N–H and O–H groups in total. The Kier molecular flexibility index (Phi) is 4.77. The second-order valence-electron chi connectivity index (χ2n) is 7.07. The Bertz CT molecular complexity index is 704. The number of benzene rings is 1. The third kappa shape index (κ3) is 3.66. The first-order valence-corrected chi connectivity index (χ1v) is 8.44. The zero-order chi connectivity index (χ0) is 18.3. The molecule has 0 bridgehead atoms. The minimum atomic E-state index is -1.12. The molecule has 0 radical (unpaired) electrons. The zero-order valence-electron chi connectivity index (χ0n) is 14.3. The van der Waals surface area contributed by atoms with Gasteiger partial charge in [0.1, 0.15) is 12.0 Å². The number of likely N-dealkylation sites (N-methyl/N-ethyl adjacent to an activating group) is 1. The molecule has 3 rings (SSSR count). The summed E-state index contributed by atoms with van der Waals surface area (Å²) in [7, 11) is 1.46. The average molecular weight is 352 g/mol. The van der Waals surface area contributed by atoms with E-state index >= 15 is 0 Å². The third-order valence-corrected chi connectivity index (χ3v) is 4.89. The predicted octanol–water partition coefficient (Wildman–Crippen LogP) is 1.67. The van der Waals surface area contributed by atoms with Crippen LogP contribution in [-0.4, -0.2) is 53.7 Å². The van der Waals surface area contributed by atoms with Crippen molar-refractivity contribution in [3.63, 3.8) is 0 Å². The van der Waals surface area contributed by atoms with Gasteiger partial charge in [-0.25, -0.2) is 8.78 Å². The van der Waals surface area contributed by atoms with Gasteiger partial charge >= 0.3 is 0 Å². The molecule has 0 aliphatic heterocycles. The quantitative estimate of drug-likeness (QED) is 0.847. The van der Waals surface area contributed by atoms with Gasteiger partial charge in [-0.3, -0.25) is 9.59 Å². The van der Waals surface area contributed by atoms with Crippen molar-refractivity contribution in [3.8, 4) is 0 Å². The highest BCUT2D eigenvalue weighted by atomic mass is 19.1. The van der Waals surface area contributed by atoms with E-state index in [-0.39, 0.29) is 42.1 Å². The van der Waals surface area contributed by atoms with Crippen molar-refractivity contribution in [2.45, 2.75) is 50.4 Å². The summed E-state index contributed by atoms with van der Waals surface area (Å²) in [5, 5.41) is 12.0. The number of nitrogens with zero attached hydrogens (tertiary/aromatic N) is 1. The van der Waals surface area contributed by atoms with Crippen LogP contribution in [0.25, 0.3) is 0 Å². The van der Waals surface area contributed by atoms with E-state index < -0.39 is 23.8 Å². The molecule has 2 fully saturated rings. The molecular formula is C18H22F2N2O3. The predicted molar refractivity (Wildman–Crippen MR) is 87.5 cm³/mol. The van der Waals surface area contributed by atoms with Crippen LogP contribution in [0.3, 0.4) is 0 Å². The summed E-state index contributed by atoms with van der Waals surface area (Å²) in [4.78, 5) is 25.8. The normalized spacial score (nSPS) is 27.4. The number of nitrogens with one attached hydrogen (secondary N) is 1. The molecule has 0 heterocycles. The molecule has 1 aromatic carbocycles. The first kappa shape index (κ1) is 17.8. The highest BCUT2D eigenvalue weighted by molar-refractivity contribution is 5.98. The van der Waals surface area contributed by atoms with Crippen LogP contribution in [-0.2, 0) is 4.79 Å². The molecule has 2 saturated carbocycles. The Balaban J connectivity index is 1.70. The number of halogens is 2. The molecule has 2 atom stereocenters. The van der Waals surface area contributed by atoms with Crippen LogP contribution < -0.4 is 5.32 Å². The van der Waals surface area contributed by atoms with E-state index in [0.29, 0.717) is 18.4 Å². The maximum atomic E-state index is 14.4. The first-order chi connectivity index (χ1) is 11.8. The van der Waals surface area contributed by atoms with Gasteiger partial charge in [0.2, 0.25) is 5.91 Å². The van der Waals surface area contributed by atoms with Gasteiger partial charge in [-0.05, 0) is 37.8 Å². The SMILES string of the molecule is Cc1ccc(C(=O)N(C)CC(=O)NC2CC(O)C2)c(C2C[C@H]2F)c1F. The molecule has 2 aliphatic carbocycles. The molecule has 0 saturated heterocycles. The number of alkyl halides is 1. The Morgan fingerprint density at radius 1 is 1.32 bits per heavy atom. The number of aliphatic hydroxyl groups excluding tert-OH is 1. The van der Waals surface area contributed by atoms with Crippen LogP contribution in [0.1, 0.15) is 46.7 Å². The highest BCUT2D eigenvalue weighted by Crippen LogP contribution is 2.46. The van der Waals surface area contributed by atoms with E-state index in [2.05, 4.69) is 5.32 Å². The summed E-state index contributed by atoms with van der Waals surface area (Å²) in [6.07, 6.45) is -0.266. The van der Waals surface area contributed by atoms with Gasteiger partial charge in [0.15, 0.2) is 0 Å². The zero-order valence-corrected chi connectivity index (χ0v) is 14.3. The Labute approximate surface area is 145 Å². The molecule has 136 valence electrons. The fraction of sp³-hybridized carbons (Fsp3) is 0.556. The maximum Gasteiger partial charge on any atom is 0.254 e. The molecule has 5 nitrogen and oxygen atoms in total. The van der Waals surface area contributed by atoms with E-state index in [1.807, 2.05) is 0 Å². The standard InChI is InChI=1S/C18H22F2N2O3/c1-9-3-4-12(16(17(9)20)13-7-14(13)19)18(25)22(2)8-15(24)21-10-5-11(23)6-10/h3-4,10-11,13-14,23H,5-8H2,1-2H3,(H,21,24)/t10?,11?,13?,14-/m1/s1. The number of hydrogen-bond donors (Lipinski definition) is 2. The van der Waals surface area contributed by atoms with Gasteiger partial charge in [0.05, 0.1) is 12.6 Å². The average Bonchev–Trinajstić information content (AvgIpc) is 3.23. The van der Waals surface area contributed by atoms with E-state index in [0.717, 1.165) is 0 Å². The summed E-state index contributed by atoms with van der Waals surface area (Å²) in [6, 6.07) is 2.92. The molecule has 7 heteroatoms. The van der Waals surface area contributed by atoms with Gasteiger partial charge in [-0.2, -0.15) is 0 Å². The molecule has 0 aromatic heterocycles. The summed E-state index contributed by atoms with van der Waals surface area (Å²) < 4.78 is 27.9. The minimum absolute atomic E-state index is 0.0721. The largest absolute Gasteiger partial charge is 0.393 e. The van der Waals surface area contributed by atoms with Crippen molar-refractivity contribution in [2.24, 2.45) is 0 Å². The number of hydrogen-bond acceptors (Lipinski definition) is 3. The van der Waals surface area contributed by atoms with Crippen molar-refractivity contribution < 1.29 is 23.5 Å². The molecule has 0 spiro atoms. The number of rotatable bonds is 5. The van der Waals surface area contributed by atoms with Crippen LogP contribution in [0.2, 0.25) is 0 Å². The van der Waals surface area contributed by atoms with Crippen LogP contribution in [0.4, 0.5) is 8.78 Å². The number of aryl methyl sites for hydroxylation is 1. The van der Waals surface area contributed by atoms with E-state index in [1.54, 1.807) is 6.92 Å². The van der Waals surface area contributed by atoms with Crippen molar-refractivity contribution in [1.29, 1.82) is 0 Å². The van der Waals surface area contributed by atoms with Crippen molar-refractivity contribution in [3.05, 3.63) is 34.6 Å². The Morgan fingerprint density at radius 2 is 1.96 bits per heavy atom. The Hall–Kier alpha value is -2.02. The van der Waals surface area contributed by atoms with Crippen molar-refractivity contribution in [1.82, 2.24) is 10.2 Å². The highest BCUT2D eigenvalue weighted by Gasteiger charge is 2.43. The number of amides is 2. The Morgan fingerprint density at radius 3 is 2.52 bits per heavy atom. The topological polar surface area (TPSA) is 69.6 Å². The number of carbonyl (C=O) groups excluding carboxylic acids is 2. The van der Waals surface area contributed by atoms with E-state index in [1.165, 1.54) is 24.1 Å². The molecule has 25 heavy (non-hydrogen) atoms. The lowest BCUT2D eigenvalue weighted by Gasteiger charge is -2.32. The van der Waals surface area contributed by atoms with Gasteiger partial charge < -0.3 is 15.3 Å². The molecular weight excluding hydrogens is 330 g/mol. The fourth-order valence-electron chi connectivity index (χ4n) is 3.19. The lowest BCUT2D eigenvalue weighted by atomic mass is 9.89. The number of aliphatic hydroxyl groups is 1. The second kappa shape index (κ2) is 6.71. The second-order valence-corrected chi connectivity index (χ2v) is 7.07. The van der Waals surface area contributed by atoms with Crippen LogP contribution in [0.5, 0.6) is 0 Å². The van der Waals surface area contributed by atoms with Crippen LogP contribution >= 0.6 is 0 Å². The van der Waals surface area contributed by atoms with E-state index in [9.17, 15) is 23.5 Å².